The van der Waals surface area contributed by atoms with Crippen molar-refractivity contribution < 1.29 is 9.72 Å². The van der Waals surface area contributed by atoms with Crippen LogP contribution in [0.4, 0.5) is 11.4 Å². The Bertz CT molecular complexity index is 736. The fraction of sp³-hybridized carbons (Fsp3) is 0.0833. The molecular weight excluding hydrogens is 319 g/mol. The van der Waals surface area contributed by atoms with Crippen LogP contribution in [0.5, 0.6) is 0 Å². The number of aromatic nitrogens is 2. The van der Waals surface area contributed by atoms with Crippen molar-refractivity contribution in [1.82, 2.24) is 9.97 Å². The van der Waals surface area contributed by atoms with E-state index in [1.165, 1.54) is 18.5 Å². The zero-order valence-corrected chi connectivity index (χ0v) is 12.1. The van der Waals surface area contributed by atoms with Crippen molar-refractivity contribution in [2.45, 2.75) is 6.92 Å². The molecule has 108 valence electrons. The van der Waals surface area contributed by atoms with Crippen LogP contribution < -0.4 is 5.32 Å². The number of anilines is 1. The van der Waals surface area contributed by atoms with E-state index in [4.69, 9.17) is 23.2 Å². The lowest BCUT2D eigenvalue weighted by molar-refractivity contribution is -0.385. The van der Waals surface area contributed by atoms with E-state index in [1.54, 1.807) is 13.0 Å². The van der Waals surface area contributed by atoms with Gasteiger partial charge in [0.1, 0.15) is 10.7 Å². The molecule has 1 N–H and O–H groups in total. The van der Waals surface area contributed by atoms with Crippen LogP contribution in [-0.2, 0) is 0 Å². The molecule has 2 heterocycles. The maximum absolute atomic E-state index is 12.1. The standard InChI is InChI=1S/C12H8Cl2N4O3/c1-6-4-7(5-16-10(6)13)17-12(19)8-2-3-15-11(14)9(8)18(20)21/h2-5H,1H3,(H,17,19). The number of nitrogens with zero attached hydrogens (tertiary/aromatic N) is 3. The zero-order valence-electron chi connectivity index (χ0n) is 10.6. The molecule has 0 bridgehead atoms. The van der Waals surface area contributed by atoms with Crippen molar-refractivity contribution in [2.24, 2.45) is 0 Å². The van der Waals surface area contributed by atoms with Crippen LogP contribution in [0.1, 0.15) is 15.9 Å². The number of carbonyl (C=O) groups excluding carboxylic acids is 1. The van der Waals surface area contributed by atoms with Gasteiger partial charge in [0.05, 0.1) is 16.8 Å². The van der Waals surface area contributed by atoms with Crippen LogP contribution in [0.25, 0.3) is 0 Å². The number of nitro groups is 1. The van der Waals surface area contributed by atoms with E-state index in [-0.39, 0.29) is 10.7 Å². The highest BCUT2D eigenvalue weighted by Gasteiger charge is 2.24. The van der Waals surface area contributed by atoms with E-state index < -0.39 is 16.5 Å². The number of hydrogen-bond acceptors (Lipinski definition) is 5. The lowest BCUT2D eigenvalue weighted by atomic mass is 10.2. The fourth-order valence-electron chi connectivity index (χ4n) is 1.61. The summed E-state index contributed by atoms with van der Waals surface area (Å²) in [4.78, 5) is 29.8. The average Bonchev–Trinajstić information content (AvgIpc) is 2.42. The van der Waals surface area contributed by atoms with Gasteiger partial charge in [-0.15, -0.1) is 0 Å². The Balaban J connectivity index is 2.35. The van der Waals surface area contributed by atoms with Gasteiger partial charge in [-0.3, -0.25) is 14.9 Å². The number of hydrogen-bond donors (Lipinski definition) is 1. The molecule has 7 nitrogen and oxygen atoms in total. The van der Waals surface area contributed by atoms with Crippen molar-refractivity contribution in [3.8, 4) is 0 Å². The summed E-state index contributed by atoms with van der Waals surface area (Å²) in [6.45, 7) is 1.72. The first-order chi connectivity index (χ1) is 9.90. The van der Waals surface area contributed by atoms with E-state index in [1.807, 2.05) is 0 Å². The Labute approximate surface area is 129 Å². The third-order valence-corrected chi connectivity index (χ3v) is 3.25. The first-order valence-electron chi connectivity index (χ1n) is 5.62. The van der Waals surface area contributed by atoms with Crippen LogP contribution in [0.2, 0.25) is 10.3 Å². The Hall–Kier alpha value is -2.25. The van der Waals surface area contributed by atoms with E-state index in [9.17, 15) is 14.9 Å². The first kappa shape index (κ1) is 15.1. The molecule has 0 spiro atoms. The van der Waals surface area contributed by atoms with Gasteiger partial charge in [0.25, 0.3) is 5.91 Å². The molecule has 2 aromatic rings. The maximum Gasteiger partial charge on any atom is 0.319 e. The van der Waals surface area contributed by atoms with Crippen molar-refractivity contribution in [3.05, 3.63) is 56.1 Å². The van der Waals surface area contributed by atoms with Gasteiger partial charge in [-0.25, -0.2) is 9.97 Å². The summed E-state index contributed by atoms with van der Waals surface area (Å²) in [5.41, 5.74) is 0.295. The van der Waals surface area contributed by atoms with Crippen LogP contribution in [0.3, 0.4) is 0 Å². The van der Waals surface area contributed by atoms with Crippen molar-refractivity contribution in [2.75, 3.05) is 5.32 Å². The van der Waals surface area contributed by atoms with Gasteiger partial charge in [-0.05, 0) is 24.6 Å². The summed E-state index contributed by atoms with van der Waals surface area (Å²) in [7, 11) is 0. The number of pyridine rings is 2. The molecule has 0 saturated carbocycles. The molecule has 2 rings (SSSR count). The van der Waals surface area contributed by atoms with E-state index in [2.05, 4.69) is 15.3 Å². The third-order valence-electron chi connectivity index (χ3n) is 2.58. The van der Waals surface area contributed by atoms with Crippen LogP contribution in [-0.4, -0.2) is 20.8 Å². The molecule has 0 aliphatic heterocycles. The van der Waals surface area contributed by atoms with E-state index in [0.29, 0.717) is 16.4 Å². The molecule has 9 heteroatoms. The fourth-order valence-corrected chi connectivity index (χ4v) is 1.94. The monoisotopic (exact) mass is 326 g/mol. The number of carbonyl (C=O) groups is 1. The largest absolute Gasteiger partial charge is 0.320 e. The highest BCUT2D eigenvalue weighted by Crippen LogP contribution is 2.27. The van der Waals surface area contributed by atoms with Gasteiger partial charge < -0.3 is 5.32 Å². The normalized spacial score (nSPS) is 10.2. The second-order valence-corrected chi connectivity index (χ2v) is 4.76. The molecule has 0 aromatic carbocycles. The Morgan fingerprint density at radius 1 is 1.33 bits per heavy atom. The topological polar surface area (TPSA) is 98.0 Å². The number of halogens is 2. The van der Waals surface area contributed by atoms with Gasteiger partial charge in [0.15, 0.2) is 0 Å². The van der Waals surface area contributed by atoms with Crippen LogP contribution >= 0.6 is 23.2 Å². The van der Waals surface area contributed by atoms with Crippen molar-refractivity contribution in [3.63, 3.8) is 0 Å². The van der Waals surface area contributed by atoms with Crippen LogP contribution in [0, 0.1) is 17.0 Å². The molecule has 0 fully saturated rings. The van der Waals surface area contributed by atoms with Crippen LogP contribution in [0.15, 0.2) is 24.5 Å². The van der Waals surface area contributed by atoms with Crippen molar-refractivity contribution in [1.29, 1.82) is 0 Å². The average molecular weight is 327 g/mol. The van der Waals surface area contributed by atoms with Gasteiger partial charge >= 0.3 is 5.69 Å². The Kier molecular flexibility index (Phi) is 4.35. The predicted molar refractivity (Wildman–Crippen MR) is 77.8 cm³/mol. The summed E-state index contributed by atoms with van der Waals surface area (Å²) in [6.07, 6.45) is 2.57. The summed E-state index contributed by atoms with van der Waals surface area (Å²) < 4.78 is 0. The SMILES string of the molecule is Cc1cc(NC(=O)c2ccnc(Cl)c2[N+](=O)[O-])cnc1Cl. The minimum Gasteiger partial charge on any atom is -0.320 e. The minimum absolute atomic E-state index is 0.187. The van der Waals surface area contributed by atoms with E-state index >= 15 is 0 Å². The first-order valence-corrected chi connectivity index (χ1v) is 6.38. The minimum atomic E-state index is -0.754. The molecule has 0 aliphatic rings. The summed E-state index contributed by atoms with van der Waals surface area (Å²) in [6, 6.07) is 2.82. The maximum atomic E-state index is 12.1. The lowest BCUT2D eigenvalue weighted by Crippen LogP contribution is -2.14. The smallest absolute Gasteiger partial charge is 0.319 e. The highest BCUT2D eigenvalue weighted by atomic mass is 35.5. The van der Waals surface area contributed by atoms with Gasteiger partial charge in [-0.1, -0.05) is 23.2 Å². The molecule has 21 heavy (non-hydrogen) atoms. The van der Waals surface area contributed by atoms with Gasteiger partial charge in [0.2, 0.25) is 5.15 Å². The number of nitrogens with one attached hydrogen (secondary N) is 1. The number of amides is 1. The molecule has 0 aliphatic carbocycles. The summed E-state index contributed by atoms with van der Waals surface area (Å²) >= 11 is 11.4. The van der Waals surface area contributed by atoms with Gasteiger partial charge in [0, 0.05) is 6.20 Å². The molecule has 0 unspecified atom stereocenters. The Morgan fingerprint density at radius 3 is 2.67 bits per heavy atom. The summed E-state index contributed by atoms with van der Waals surface area (Å²) in [5, 5.41) is 13.4. The quantitative estimate of drug-likeness (QED) is 0.530. The molecule has 0 radical (unpaired) electrons. The summed E-state index contributed by atoms with van der Waals surface area (Å²) in [5.74, 6) is -0.686. The van der Waals surface area contributed by atoms with Crippen molar-refractivity contribution >= 4 is 40.5 Å². The number of rotatable bonds is 3. The second-order valence-electron chi connectivity index (χ2n) is 4.04. The Morgan fingerprint density at radius 2 is 2.05 bits per heavy atom. The molecule has 0 saturated heterocycles. The highest BCUT2D eigenvalue weighted by molar-refractivity contribution is 6.32. The third kappa shape index (κ3) is 3.26. The molecule has 0 atom stereocenters. The number of aryl methyl sites for hydroxylation is 1. The predicted octanol–water partition coefficient (Wildman–Crippen LogP) is 3.25. The molecule has 1 amide bonds. The second kappa shape index (κ2) is 6.02. The van der Waals surface area contributed by atoms with E-state index in [0.717, 1.165) is 0 Å². The zero-order chi connectivity index (χ0) is 15.6. The van der Waals surface area contributed by atoms with Gasteiger partial charge in [-0.2, -0.15) is 0 Å². The lowest BCUT2D eigenvalue weighted by Gasteiger charge is -2.07. The molecule has 2 aromatic heterocycles. The molecular formula is C12H8Cl2N4O3.